The van der Waals surface area contributed by atoms with Gasteiger partial charge in [-0.3, -0.25) is 4.90 Å². The molecule has 1 aromatic heterocycles. The van der Waals surface area contributed by atoms with Gasteiger partial charge in [0, 0.05) is 40.3 Å². The lowest BCUT2D eigenvalue weighted by Gasteiger charge is -2.26. The molecule has 8 heteroatoms. The third-order valence-electron chi connectivity index (χ3n) is 2.86. The molecule has 2 rings (SSSR count). The largest absolute Gasteiger partial charge is 0.379 e. The van der Waals surface area contributed by atoms with E-state index in [1.54, 1.807) is 4.90 Å². The molecule has 19 heavy (non-hydrogen) atoms. The molecule has 1 saturated heterocycles. The first-order chi connectivity index (χ1) is 9.15. The van der Waals surface area contributed by atoms with Crippen molar-refractivity contribution in [3.63, 3.8) is 0 Å². The van der Waals surface area contributed by atoms with Gasteiger partial charge >= 0.3 is 0 Å². The topological polar surface area (TPSA) is 92.4 Å². The Labute approximate surface area is 113 Å². The number of nitrogens with one attached hydrogen (secondary N) is 1. The molecule has 8 nitrogen and oxygen atoms in total. The number of rotatable bonds is 5. The van der Waals surface area contributed by atoms with Crippen molar-refractivity contribution in [2.45, 2.75) is 0 Å². The van der Waals surface area contributed by atoms with Crippen LogP contribution < -0.4 is 16.0 Å². The van der Waals surface area contributed by atoms with Crippen molar-refractivity contribution in [3.8, 4) is 0 Å². The van der Waals surface area contributed by atoms with Crippen molar-refractivity contribution in [2.75, 3.05) is 69.4 Å². The summed E-state index contributed by atoms with van der Waals surface area (Å²) in [5, 5.41) is 3.18. The Balaban J connectivity index is 1.84. The minimum atomic E-state index is 0.229. The van der Waals surface area contributed by atoms with Crippen LogP contribution in [0.15, 0.2) is 0 Å². The molecule has 0 aromatic carbocycles. The summed E-state index contributed by atoms with van der Waals surface area (Å²) in [6.07, 6.45) is 0. The maximum absolute atomic E-state index is 5.66. The normalized spacial score (nSPS) is 16.3. The Hall–Kier alpha value is -1.67. The zero-order valence-electron chi connectivity index (χ0n) is 11.5. The van der Waals surface area contributed by atoms with E-state index >= 15 is 0 Å². The molecule has 1 fully saturated rings. The lowest BCUT2D eigenvalue weighted by molar-refractivity contribution is 0.0398. The number of morpholine rings is 1. The molecule has 0 radical (unpaired) electrons. The van der Waals surface area contributed by atoms with E-state index in [0.717, 1.165) is 39.4 Å². The summed E-state index contributed by atoms with van der Waals surface area (Å²) >= 11 is 0. The van der Waals surface area contributed by atoms with Crippen LogP contribution in [0.25, 0.3) is 0 Å². The molecule has 1 aliphatic heterocycles. The molecule has 1 aliphatic rings. The minimum absolute atomic E-state index is 0.229. The molecule has 0 atom stereocenters. The molecular formula is C11H21N7O. The summed E-state index contributed by atoms with van der Waals surface area (Å²) in [7, 11) is 3.73. The molecule has 0 amide bonds. The van der Waals surface area contributed by atoms with Gasteiger partial charge in [-0.25, -0.2) is 0 Å². The molecule has 0 aliphatic carbocycles. The summed E-state index contributed by atoms with van der Waals surface area (Å²) in [6, 6.07) is 0. The van der Waals surface area contributed by atoms with Gasteiger partial charge in [0.1, 0.15) is 0 Å². The number of nitrogen functional groups attached to an aromatic ring is 1. The molecular weight excluding hydrogens is 246 g/mol. The van der Waals surface area contributed by atoms with Gasteiger partial charge in [0.25, 0.3) is 0 Å². The SMILES string of the molecule is CN(C)c1nc(N)nc(NCCN2CCOCC2)n1. The van der Waals surface area contributed by atoms with Crippen LogP contribution in [0.4, 0.5) is 17.8 Å². The number of ether oxygens (including phenoxy) is 1. The maximum Gasteiger partial charge on any atom is 0.231 e. The summed E-state index contributed by atoms with van der Waals surface area (Å²) in [5.41, 5.74) is 5.66. The highest BCUT2D eigenvalue weighted by molar-refractivity contribution is 5.40. The van der Waals surface area contributed by atoms with E-state index in [1.807, 2.05) is 14.1 Å². The zero-order chi connectivity index (χ0) is 13.7. The van der Waals surface area contributed by atoms with Gasteiger partial charge in [-0.15, -0.1) is 0 Å². The fraction of sp³-hybridized carbons (Fsp3) is 0.727. The second-order valence-electron chi connectivity index (χ2n) is 4.59. The number of hydrogen-bond donors (Lipinski definition) is 2. The average molecular weight is 267 g/mol. The molecule has 106 valence electrons. The quantitative estimate of drug-likeness (QED) is 0.721. The second kappa shape index (κ2) is 6.48. The summed E-state index contributed by atoms with van der Waals surface area (Å²) in [5.74, 6) is 1.30. The first-order valence-corrected chi connectivity index (χ1v) is 6.38. The van der Waals surface area contributed by atoms with E-state index in [2.05, 4.69) is 25.2 Å². The summed E-state index contributed by atoms with van der Waals surface area (Å²) in [6.45, 7) is 5.28. The number of hydrogen-bond acceptors (Lipinski definition) is 8. The van der Waals surface area contributed by atoms with Crippen LogP contribution in [0.5, 0.6) is 0 Å². The monoisotopic (exact) mass is 267 g/mol. The van der Waals surface area contributed by atoms with Crippen LogP contribution in [-0.4, -0.2) is 73.3 Å². The third kappa shape index (κ3) is 4.18. The first-order valence-electron chi connectivity index (χ1n) is 6.38. The van der Waals surface area contributed by atoms with Crippen molar-refractivity contribution in [1.29, 1.82) is 0 Å². The summed E-state index contributed by atoms with van der Waals surface area (Å²) in [4.78, 5) is 16.5. The second-order valence-corrected chi connectivity index (χ2v) is 4.59. The standard InChI is InChI=1S/C11H21N7O/c1-17(2)11-15-9(12)14-10(16-11)13-3-4-18-5-7-19-8-6-18/h3-8H2,1-2H3,(H3,12,13,14,15,16). The smallest absolute Gasteiger partial charge is 0.231 e. The van der Waals surface area contributed by atoms with Crippen molar-refractivity contribution < 1.29 is 4.74 Å². The average Bonchev–Trinajstić information content (AvgIpc) is 2.39. The highest BCUT2D eigenvalue weighted by Crippen LogP contribution is 2.08. The van der Waals surface area contributed by atoms with E-state index in [1.165, 1.54) is 0 Å². The van der Waals surface area contributed by atoms with Gasteiger partial charge in [0.05, 0.1) is 13.2 Å². The van der Waals surface area contributed by atoms with Gasteiger partial charge in [0.2, 0.25) is 17.8 Å². The molecule has 0 unspecified atom stereocenters. The number of nitrogens with zero attached hydrogens (tertiary/aromatic N) is 5. The van der Waals surface area contributed by atoms with Crippen LogP contribution in [0.2, 0.25) is 0 Å². The van der Waals surface area contributed by atoms with Crippen molar-refractivity contribution in [1.82, 2.24) is 19.9 Å². The van der Waals surface area contributed by atoms with Gasteiger partial charge < -0.3 is 20.7 Å². The van der Waals surface area contributed by atoms with Crippen LogP contribution in [-0.2, 0) is 4.74 Å². The lowest BCUT2D eigenvalue weighted by Crippen LogP contribution is -2.39. The van der Waals surface area contributed by atoms with E-state index in [0.29, 0.717) is 11.9 Å². The molecule has 0 bridgehead atoms. The van der Waals surface area contributed by atoms with Crippen molar-refractivity contribution >= 4 is 17.8 Å². The summed E-state index contributed by atoms with van der Waals surface area (Å²) < 4.78 is 5.31. The Morgan fingerprint density at radius 1 is 1.26 bits per heavy atom. The molecule has 1 aromatic rings. The maximum atomic E-state index is 5.66. The third-order valence-corrected chi connectivity index (χ3v) is 2.86. The Morgan fingerprint density at radius 2 is 2.00 bits per heavy atom. The number of nitrogens with two attached hydrogens (primary N) is 1. The highest BCUT2D eigenvalue weighted by Gasteiger charge is 2.10. The van der Waals surface area contributed by atoms with Gasteiger partial charge in [-0.05, 0) is 0 Å². The fourth-order valence-electron chi connectivity index (χ4n) is 1.81. The predicted molar refractivity (Wildman–Crippen MR) is 74.3 cm³/mol. The zero-order valence-corrected chi connectivity index (χ0v) is 11.5. The van der Waals surface area contributed by atoms with Crippen LogP contribution in [0, 0.1) is 0 Å². The Bertz CT molecular complexity index is 406. The molecule has 0 spiro atoms. The molecule has 3 N–H and O–H groups in total. The lowest BCUT2D eigenvalue weighted by atomic mass is 10.4. The van der Waals surface area contributed by atoms with Crippen LogP contribution in [0.3, 0.4) is 0 Å². The fourth-order valence-corrected chi connectivity index (χ4v) is 1.81. The van der Waals surface area contributed by atoms with E-state index in [9.17, 15) is 0 Å². The molecule has 0 saturated carbocycles. The van der Waals surface area contributed by atoms with Crippen LogP contribution >= 0.6 is 0 Å². The van der Waals surface area contributed by atoms with Crippen LogP contribution in [0.1, 0.15) is 0 Å². The van der Waals surface area contributed by atoms with Gasteiger partial charge in [0.15, 0.2) is 0 Å². The number of anilines is 3. The van der Waals surface area contributed by atoms with Gasteiger partial charge in [-0.1, -0.05) is 0 Å². The van der Waals surface area contributed by atoms with E-state index in [-0.39, 0.29) is 5.95 Å². The van der Waals surface area contributed by atoms with Crippen molar-refractivity contribution in [2.24, 2.45) is 0 Å². The minimum Gasteiger partial charge on any atom is -0.379 e. The Kier molecular flexibility index (Phi) is 4.69. The van der Waals surface area contributed by atoms with E-state index < -0.39 is 0 Å². The number of aromatic nitrogens is 3. The predicted octanol–water partition coefficient (Wildman–Crippen LogP) is -0.736. The first kappa shape index (κ1) is 13.8. The van der Waals surface area contributed by atoms with E-state index in [4.69, 9.17) is 10.5 Å². The highest BCUT2D eigenvalue weighted by atomic mass is 16.5. The van der Waals surface area contributed by atoms with Crippen molar-refractivity contribution in [3.05, 3.63) is 0 Å². The molecule has 2 heterocycles. The Morgan fingerprint density at radius 3 is 2.68 bits per heavy atom. The van der Waals surface area contributed by atoms with Gasteiger partial charge in [-0.2, -0.15) is 15.0 Å².